The van der Waals surface area contributed by atoms with Crippen LogP contribution in [0.4, 0.5) is 0 Å². The fourth-order valence-corrected chi connectivity index (χ4v) is 4.10. The summed E-state index contributed by atoms with van der Waals surface area (Å²) in [6.07, 6.45) is 3.69. The number of allylic oxidation sites excluding steroid dienone is 1. The molecule has 2 nitrogen and oxygen atoms in total. The molecular formula is C32H42O2. The largest absolute Gasteiger partial charge is 0.507 e. The molecule has 1 aliphatic carbocycles. The zero-order valence-corrected chi connectivity index (χ0v) is 22.3. The molecule has 0 spiro atoms. The number of carbonyl (C=O) groups is 1. The maximum atomic E-state index is 11.3. The molecule has 0 aromatic heterocycles. The molecule has 0 saturated heterocycles. The molecule has 0 atom stereocenters. The Labute approximate surface area is 207 Å². The molecule has 0 unspecified atom stereocenters. The Morgan fingerprint density at radius 2 is 1.29 bits per heavy atom. The van der Waals surface area contributed by atoms with E-state index >= 15 is 0 Å². The van der Waals surface area contributed by atoms with Gasteiger partial charge >= 0.3 is 0 Å². The summed E-state index contributed by atoms with van der Waals surface area (Å²) in [7, 11) is 0. The van der Waals surface area contributed by atoms with Crippen LogP contribution >= 0.6 is 0 Å². The summed E-state index contributed by atoms with van der Waals surface area (Å²) in [5, 5.41) is 10.7. The minimum absolute atomic E-state index is 0.326. The second-order valence-electron chi connectivity index (χ2n) is 7.63. The molecule has 1 aliphatic rings. The number of phenols is 1. The van der Waals surface area contributed by atoms with Crippen LogP contribution in [0.2, 0.25) is 0 Å². The van der Waals surface area contributed by atoms with E-state index < -0.39 is 0 Å². The Hall–Kier alpha value is -3.13. The van der Waals surface area contributed by atoms with Crippen molar-refractivity contribution in [3.8, 4) is 5.75 Å². The van der Waals surface area contributed by atoms with E-state index in [9.17, 15) is 9.90 Å². The molecule has 1 N–H and O–H groups in total. The minimum atomic E-state index is 0.326. The van der Waals surface area contributed by atoms with Crippen molar-refractivity contribution >= 4 is 17.4 Å². The molecule has 0 radical (unpaired) electrons. The zero-order valence-electron chi connectivity index (χ0n) is 22.3. The lowest BCUT2D eigenvalue weighted by Crippen LogP contribution is -1.98. The molecular weight excluding hydrogens is 416 g/mol. The van der Waals surface area contributed by atoms with Crippen LogP contribution < -0.4 is 0 Å². The van der Waals surface area contributed by atoms with Crippen molar-refractivity contribution in [2.24, 2.45) is 0 Å². The van der Waals surface area contributed by atoms with Crippen LogP contribution in [0, 0.1) is 13.8 Å². The summed E-state index contributed by atoms with van der Waals surface area (Å²) in [5.41, 5.74) is 9.68. The van der Waals surface area contributed by atoms with Crippen LogP contribution in [0.1, 0.15) is 98.1 Å². The van der Waals surface area contributed by atoms with Gasteiger partial charge in [-0.3, -0.25) is 4.79 Å². The molecule has 34 heavy (non-hydrogen) atoms. The molecule has 0 saturated carbocycles. The van der Waals surface area contributed by atoms with E-state index in [-0.39, 0.29) is 0 Å². The third-order valence-electron chi connectivity index (χ3n) is 5.53. The SMILES string of the molecule is CC.CC.CC.Cc1ccc(C2=C(c3ccc(C)cc3O)CCCc3cc(C=O)ccc32)cc1. The van der Waals surface area contributed by atoms with Gasteiger partial charge in [-0.15, -0.1) is 0 Å². The van der Waals surface area contributed by atoms with Gasteiger partial charge in [0.2, 0.25) is 0 Å². The first kappa shape index (κ1) is 28.9. The highest BCUT2D eigenvalue weighted by Gasteiger charge is 2.22. The topological polar surface area (TPSA) is 37.3 Å². The Bertz CT molecular complexity index is 1070. The summed E-state index contributed by atoms with van der Waals surface area (Å²) in [4.78, 5) is 11.3. The Balaban J connectivity index is 0.000000894. The number of fused-ring (bicyclic) bond motifs is 1. The van der Waals surface area contributed by atoms with Crippen molar-refractivity contribution in [3.05, 3.63) is 99.6 Å². The third-order valence-corrected chi connectivity index (χ3v) is 5.53. The van der Waals surface area contributed by atoms with Gasteiger partial charge in [0, 0.05) is 11.1 Å². The standard InChI is InChI=1S/C26H24O2.3C2H6/c1-17-6-10-20(11-7-17)26-22-13-9-19(16-27)15-21(22)4-3-5-24(26)23-12-8-18(2)14-25(23)28;3*1-2/h6-16,28H,3-5H2,1-2H3;3*1-2H3. The third kappa shape index (κ3) is 6.93. The van der Waals surface area contributed by atoms with E-state index in [1.165, 1.54) is 16.7 Å². The van der Waals surface area contributed by atoms with Gasteiger partial charge in [-0.1, -0.05) is 95.6 Å². The number of aromatic hydroxyl groups is 1. The maximum Gasteiger partial charge on any atom is 0.150 e. The lowest BCUT2D eigenvalue weighted by atomic mass is 9.86. The van der Waals surface area contributed by atoms with Gasteiger partial charge < -0.3 is 5.11 Å². The molecule has 3 aromatic rings. The summed E-state index contributed by atoms with van der Waals surface area (Å²) in [6, 6.07) is 20.4. The number of aryl methyl sites for hydroxylation is 3. The number of carbonyl (C=O) groups excluding carboxylic acids is 1. The average Bonchev–Trinajstić information content (AvgIpc) is 3.07. The van der Waals surface area contributed by atoms with Gasteiger partial charge in [0.25, 0.3) is 0 Å². The first-order chi connectivity index (χ1) is 16.6. The predicted octanol–water partition coefficient (Wildman–Crippen LogP) is 9.20. The quantitative estimate of drug-likeness (QED) is 0.397. The van der Waals surface area contributed by atoms with Crippen LogP contribution in [0.3, 0.4) is 0 Å². The zero-order chi connectivity index (χ0) is 25.7. The first-order valence-electron chi connectivity index (χ1n) is 12.8. The monoisotopic (exact) mass is 458 g/mol. The van der Waals surface area contributed by atoms with Crippen molar-refractivity contribution in [1.29, 1.82) is 0 Å². The first-order valence-corrected chi connectivity index (χ1v) is 12.8. The van der Waals surface area contributed by atoms with Gasteiger partial charge in [0.1, 0.15) is 12.0 Å². The van der Waals surface area contributed by atoms with Crippen molar-refractivity contribution in [2.45, 2.75) is 74.7 Å². The molecule has 0 amide bonds. The second kappa shape index (κ2) is 14.9. The number of hydrogen-bond acceptors (Lipinski definition) is 2. The molecule has 4 rings (SSSR count). The number of phenolic OH excluding ortho intramolecular Hbond substituents is 1. The molecule has 2 heteroatoms. The van der Waals surface area contributed by atoms with Gasteiger partial charge in [0.05, 0.1) is 0 Å². The fourth-order valence-electron chi connectivity index (χ4n) is 4.10. The Morgan fingerprint density at radius 3 is 1.88 bits per heavy atom. The molecule has 0 bridgehead atoms. The number of rotatable bonds is 3. The lowest BCUT2D eigenvalue weighted by Gasteiger charge is -2.18. The van der Waals surface area contributed by atoms with Gasteiger partial charge in [-0.05, 0) is 78.6 Å². The number of aldehydes is 1. The van der Waals surface area contributed by atoms with E-state index in [1.807, 2.05) is 72.7 Å². The van der Waals surface area contributed by atoms with E-state index in [2.05, 4.69) is 43.3 Å². The lowest BCUT2D eigenvalue weighted by molar-refractivity contribution is 0.112. The van der Waals surface area contributed by atoms with Crippen LogP contribution in [0.5, 0.6) is 5.75 Å². The van der Waals surface area contributed by atoms with Gasteiger partial charge in [0.15, 0.2) is 0 Å². The van der Waals surface area contributed by atoms with E-state index in [4.69, 9.17) is 0 Å². The summed E-state index contributed by atoms with van der Waals surface area (Å²) >= 11 is 0. The average molecular weight is 459 g/mol. The van der Waals surface area contributed by atoms with Crippen molar-refractivity contribution in [3.63, 3.8) is 0 Å². The highest BCUT2D eigenvalue weighted by Crippen LogP contribution is 2.42. The highest BCUT2D eigenvalue weighted by molar-refractivity contribution is 6.01. The van der Waals surface area contributed by atoms with Crippen molar-refractivity contribution < 1.29 is 9.90 Å². The van der Waals surface area contributed by atoms with Crippen LogP contribution in [-0.4, -0.2) is 11.4 Å². The Morgan fingerprint density at radius 1 is 0.706 bits per heavy atom. The molecule has 0 heterocycles. The smallest absolute Gasteiger partial charge is 0.150 e. The van der Waals surface area contributed by atoms with E-state index in [1.54, 1.807) is 0 Å². The van der Waals surface area contributed by atoms with Crippen LogP contribution in [-0.2, 0) is 6.42 Å². The molecule has 0 aliphatic heterocycles. The molecule has 0 fully saturated rings. The molecule has 3 aromatic carbocycles. The van der Waals surface area contributed by atoms with E-state index in [0.717, 1.165) is 53.4 Å². The summed E-state index contributed by atoms with van der Waals surface area (Å²) in [5.74, 6) is 0.326. The van der Waals surface area contributed by atoms with Crippen LogP contribution in [0.15, 0.2) is 60.7 Å². The van der Waals surface area contributed by atoms with Crippen LogP contribution in [0.25, 0.3) is 11.1 Å². The van der Waals surface area contributed by atoms with Crippen molar-refractivity contribution in [2.75, 3.05) is 0 Å². The summed E-state index contributed by atoms with van der Waals surface area (Å²) in [6.45, 7) is 16.1. The number of benzene rings is 3. The number of hydrogen-bond donors (Lipinski definition) is 1. The normalized spacial score (nSPS) is 11.9. The minimum Gasteiger partial charge on any atom is -0.507 e. The van der Waals surface area contributed by atoms with Gasteiger partial charge in [-0.25, -0.2) is 0 Å². The molecule has 182 valence electrons. The maximum absolute atomic E-state index is 11.3. The fraction of sp³-hybridized carbons (Fsp3) is 0.344. The highest BCUT2D eigenvalue weighted by atomic mass is 16.3. The summed E-state index contributed by atoms with van der Waals surface area (Å²) < 4.78 is 0. The van der Waals surface area contributed by atoms with Gasteiger partial charge in [-0.2, -0.15) is 0 Å². The predicted molar refractivity (Wildman–Crippen MR) is 149 cm³/mol. The Kier molecular flexibility index (Phi) is 12.7. The second-order valence-corrected chi connectivity index (χ2v) is 7.63. The van der Waals surface area contributed by atoms with Crippen molar-refractivity contribution in [1.82, 2.24) is 0 Å². The van der Waals surface area contributed by atoms with E-state index in [0.29, 0.717) is 11.3 Å².